The number of hydrazine groups is 1. The Bertz CT molecular complexity index is 640. The van der Waals surface area contributed by atoms with Crippen LogP contribution in [-0.4, -0.2) is 17.9 Å². The Balaban J connectivity index is 2.39. The number of nitrogens with two attached hydrogens (primary N) is 1. The van der Waals surface area contributed by atoms with Gasteiger partial charge in [-0.05, 0) is 31.5 Å². The first-order valence-electron chi connectivity index (χ1n) is 6.31. The van der Waals surface area contributed by atoms with E-state index in [-0.39, 0.29) is 5.91 Å². The molecule has 20 heavy (non-hydrogen) atoms. The first-order chi connectivity index (χ1) is 9.54. The van der Waals surface area contributed by atoms with Crippen LogP contribution in [-0.2, 0) is 0 Å². The van der Waals surface area contributed by atoms with Crippen molar-refractivity contribution in [1.82, 2.24) is 4.98 Å². The second kappa shape index (κ2) is 5.71. The lowest BCUT2D eigenvalue weighted by Gasteiger charge is -2.20. The first-order valence-corrected chi connectivity index (χ1v) is 6.31. The summed E-state index contributed by atoms with van der Waals surface area (Å²) in [5.41, 5.74) is 6.27. The fourth-order valence-corrected chi connectivity index (χ4v) is 2.08. The van der Waals surface area contributed by atoms with Crippen molar-refractivity contribution in [2.75, 3.05) is 17.4 Å². The van der Waals surface area contributed by atoms with Gasteiger partial charge in [-0.2, -0.15) is 0 Å². The highest BCUT2D eigenvalue weighted by Gasteiger charge is 2.18. The lowest BCUT2D eigenvalue weighted by molar-refractivity contribution is 0.0993. The van der Waals surface area contributed by atoms with E-state index in [0.717, 1.165) is 16.9 Å². The van der Waals surface area contributed by atoms with Crippen LogP contribution in [0.2, 0.25) is 0 Å². The summed E-state index contributed by atoms with van der Waals surface area (Å²) in [6.07, 6.45) is 1.54. The molecule has 1 amide bonds. The predicted octanol–water partition coefficient (Wildman–Crippen LogP) is 2.26. The zero-order chi connectivity index (χ0) is 14.7. The van der Waals surface area contributed by atoms with Gasteiger partial charge in [0.05, 0.1) is 11.3 Å². The molecule has 1 aromatic carbocycles. The van der Waals surface area contributed by atoms with Crippen LogP contribution in [0.5, 0.6) is 0 Å². The molecule has 104 valence electrons. The zero-order valence-corrected chi connectivity index (χ0v) is 11.8. The SMILES string of the molecule is Cc1cc(NN)c(C(=O)N(C)c2ccccc2C)cn1. The number of aromatic nitrogens is 1. The van der Waals surface area contributed by atoms with E-state index in [0.29, 0.717) is 11.3 Å². The Labute approximate surface area is 118 Å². The van der Waals surface area contributed by atoms with E-state index in [1.54, 1.807) is 24.2 Å². The maximum atomic E-state index is 12.6. The highest BCUT2D eigenvalue weighted by Crippen LogP contribution is 2.22. The van der Waals surface area contributed by atoms with E-state index in [4.69, 9.17) is 5.84 Å². The van der Waals surface area contributed by atoms with Crippen molar-refractivity contribution in [3.63, 3.8) is 0 Å². The van der Waals surface area contributed by atoms with Crippen molar-refractivity contribution in [2.24, 2.45) is 5.84 Å². The Hall–Kier alpha value is -2.40. The van der Waals surface area contributed by atoms with Gasteiger partial charge in [-0.3, -0.25) is 15.6 Å². The number of nitrogens with one attached hydrogen (secondary N) is 1. The highest BCUT2D eigenvalue weighted by atomic mass is 16.2. The van der Waals surface area contributed by atoms with Crippen LogP contribution in [0, 0.1) is 13.8 Å². The summed E-state index contributed by atoms with van der Waals surface area (Å²) >= 11 is 0. The lowest BCUT2D eigenvalue weighted by Crippen LogP contribution is -2.28. The minimum atomic E-state index is -0.153. The quantitative estimate of drug-likeness (QED) is 0.663. The number of aryl methyl sites for hydroxylation is 2. The molecule has 5 nitrogen and oxygen atoms in total. The Kier molecular flexibility index (Phi) is 4.00. The van der Waals surface area contributed by atoms with E-state index in [1.165, 1.54) is 0 Å². The molecule has 2 aromatic rings. The predicted molar refractivity (Wildman–Crippen MR) is 80.7 cm³/mol. The average Bonchev–Trinajstić information content (AvgIpc) is 2.46. The molecule has 0 aliphatic heterocycles. The molecular weight excluding hydrogens is 252 g/mol. The van der Waals surface area contributed by atoms with Gasteiger partial charge in [-0.25, -0.2) is 0 Å². The van der Waals surface area contributed by atoms with Gasteiger partial charge < -0.3 is 10.3 Å². The van der Waals surface area contributed by atoms with Gasteiger partial charge in [-0.1, -0.05) is 18.2 Å². The third-order valence-corrected chi connectivity index (χ3v) is 3.21. The number of hydrogen-bond acceptors (Lipinski definition) is 4. The Morgan fingerprint density at radius 3 is 2.65 bits per heavy atom. The molecule has 1 heterocycles. The number of nitrogen functional groups attached to an aromatic ring is 1. The minimum absolute atomic E-state index is 0.153. The van der Waals surface area contributed by atoms with Crippen LogP contribution in [0.3, 0.4) is 0 Å². The third kappa shape index (κ3) is 2.62. The number of rotatable bonds is 3. The summed E-state index contributed by atoms with van der Waals surface area (Å²) in [7, 11) is 1.74. The van der Waals surface area contributed by atoms with Gasteiger partial charge >= 0.3 is 0 Å². The molecule has 0 aliphatic carbocycles. The molecule has 0 fully saturated rings. The van der Waals surface area contributed by atoms with Gasteiger partial charge in [0.25, 0.3) is 5.91 Å². The minimum Gasteiger partial charge on any atom is -0.323 e. The number of para-hydroxylation sites is 1. The van der Waals surface area contributed by atoms with E-state index in [1.807, 2.05) is 38.1 Å². The number of anilines is 2. The van der Waals surface area contributed by atoms with Gasteiger partial charge in [-0.15, -0.1) is 0 Å². The van der Waals surface area contributed by atoms with Crippen LogP contribution in [0.1, 0.15) is 21.6 Å². The van der Waals surface area contributed by atoms with Gasteiger partial charge in [0.2, 0.25) is 0 Å². The molecule has 0 bridgehead atoms. The number of carbonyl (C=O) groups excluding carboxylic acids is 1. The van der Waals surface area contributed by atoms with Crippen LogP contribution in [0.25, 0.3) is 0 Å². The maximum Gasteiger partial charge on any atom is 0.261 e. The van der Waals surface area contributed by atoms with E-state index in [2.05, 4.69) is 10.4 Å². The highest BCUT2D eigenvalue weighted by molar-refractivity contribution is 6.09. The molecule has 3 N–H and O–H groups in total. The summed E-state index contributed by atoms with van der Waals surface area (Å²) in [4.78, 5) is 18.3. The fraction of sp³-hybridized carbons (Fsp3) is 0.200. The van der Waals surface area contributed by atoms with E-state index in [9.17, 15) is 4.79 Å². The van der Waals surface area contributed by atoms with Crippen LogP contribution >= 0.6 is 0 Å². The maximum absolute atomic E-state index is 12.6. The molecule has 0 saturated carbocycles. The van der Waals surface area contributed by atoms with Gasteiger partial charge in [0, 0.05) is 24.6 Å². The molecule has 0 unspecified atom stereocenters. The standard InChI is InChI=1S/C15H18N4O/c1-10-6-4-5-7-14(10)19(3)15(20)12-9-17-11(2)8-13(12)18-16/h4-9H,16H2,1-3H3,(H,17,18). The van der Waals surface area contributed by atoms with Crippen molar-refractivity contribution in [1.29, 1.82) is 0 Å². The normalized spacial score (nSPS) is 10.2. The van der Waals surface area contributed by atoms with E-state index < -0.39 is 0 Å². The summed E-state index contributed by atoms with van der Waals surface area (Å²) in [6.45, 7) is 3.81. The van der Waals surface area contributed by atoms with Crippen molar-refractivity contribution in [3.8, 4) is 0 Å². The Morgan fingerprint density at radius 2 is 2.00 bits per heavy atom. The van der Waals surface area contributed by atoms with E-state index >= 15 is 0 Å². The second-order valence-electron chi connectivity index (χ2n) is 4.67. The second-order valence-corrected chi connectivity index (χ2v) is 4.67. The summed E-state index contributed by atoms with van der Waals surface area (Å²) < 4.78 is 0. The zero-order valence-electron chi connectivity index (χ0n) is 11.8. The molecule has 0 atom stereocenters. The summed E-state index contributed by atoms with van der Waals surface area (Å²) in [5.74, 6) is 5.32. The molecule has 0 radical (unpaired) electrons. The van der Waals surface area contributed by atoms with Gasteiger partial charge in [0.1, 0.15) is 0 Å². The lowest BCUT2D eigenvalue weighted by atomic mass is 10.1. The van der Waals surface area contributed by atoms with Crippen molar-refractivity contribution in [3.05, 3.63) is 53.3 Å². The number of carbonyl (C=O) groups is 1. The number of benzene rings is 1. The molecule has 0 saturated heterocycles. The monoisotopic (exact) mass is 270 g/mol. The molecule has 2 rings (SSSR count). The number of hydrogen-bond donors (Lipinski definition) is 2. The number of pyridine rings is 1. The van der Waals surface area contributed by atoms with Crippen LogP contribution in [0.15, 0.2) is 36.5 Å². The van der Waals surface area contributed by atoms with Crippen molar-refractivity contribution < 1.29 is 4.79 Å². The fourth-order valence-electron chi connectivity index (χ4n) is 2.08. The number of amides is 1. The topological polar surface area (TPSA) is 71.2 Å². The average molecular weight is 270 g/mol. The van der Waals surface area contributed by atoms with Crippen molar-refractivity contribution in [2.45, 2.75) is 13.8 Å². The largest absolute Gasteiger partial charge is 0.323 e. The van der Waals surface area contributed by atoms with Gasteiger partial charge in [0.15, 0.2) is 0 Å². The number of nitrogens with zero attached hydrogens (tertiary/aromatic N) is 2. The van der Waals surface area contributed by atoms with Crippen LogP contribution < -0.4 is 16.2 Å². The molecule has 0 spiro atoms. The van der Waals surface area contributed by atoms with Crippen LogP contribution in [0.4, 0.5) is 11.4 Å². The smallest absolute Gasteiger partial charge is 0.261 e. The molecular formula is C15H18N4O. The Morgan fingerprint density at radius 1 is 1.30 bits per heavy atom. The molecule has 5 heteroatoms. The molecule has 1 aromatic heterocycles. The third-order valence-electron chi connectivity index (χ3n) is 3.21. The summed E-state index contributed by atoms with van der Waals surface area (Å²) in [6, 6.07) is 9.47. The molecule has 0 aliphatic rings. The van der Waals surface area contributed by atoms with Crippen molar-refractivity contribution >= 4 is 17.3 Å². The first kappa shape index (κ1) is 14.0. The summed E-state index contributed by atoms with van der Waals surface area (Å²) in [5, 5.41) is 0.